The monoisotopic (exact) mass is 299 g/mol. The van der Waals surface area contributed by atoms with Gasteiger partial charge in [0.2, 0.25) is 5.91 Å². The van der Waals surface area contributed by atoms with Crippen LogP contribution in [0.15, 0.2) is 60.7 Å². The fourth-order valence-corrected chi connectivity index (χ4v) is 2.04. The number of carbonyl (C=O) groups is 1. The standard InChI is InChI=1S/C18H18FNO2/c19-17-9-6-15(7-10-17)8-11-18(22)20(12-13-21)14-16-4-2-1-3-5-16/h1-11,21H,12-14H2/b11-8+. The summed E-state index contributed by atoms with van der Waals surface area (Å²) in [6.07, 6.45) is 3.07. The minimum Gasteiger partial charge on any atom is -0.395 e. The van der Waals surface area contributed by atoms with E-state index in [-0.39, 0.29) is 24.9 Å². The van der Waals surface area contributed by atoms with Crippen LogP contribution in [0.3, 0.4) is 0 Å². The molecule has 0 bridgehead atoms. The van der Waals surface area contributed by atoms with E-state index in [9.17, 15) is 9.18 Å². The van der Waals surface area contributed by atoms with Crippen molar-refractivity contribution < 1.29 is 14.3 Å². The van der Waals surface area contributed by atoms with Gasteiger partial charge >= 0.3 is 0 Å². The smallest absolute Gasteiger partial charge is 0.246 e. The Morgan fingerprint density at radius 2 is 1.77 bits per heavy atom. The van der Waals surface area contributed by atoms with Gasteiger partial charge in [0.1, 0.15) is 5.82 Å². The number of hydrogen-bond donors (Lipinski definition) is 1. The maximum atomic E-state index is 12.8. The predicted octanol–water partition coefficient (Wildman–Crippen LogP) is 2.86. The molecule has 0 saturated carbocycles. The second kappa shape index (κ2) is 8.10. The van der Waals surface area contributed by atoms with Gasteiger partial charge in [0, 0.05) is 19.2 Å². The van der Waals surface area contributed by atoms with E-state index in [2.05, 4.69) is 0 Å². The molecule has 4 heteroatoms. The fraction of sp³-hybridized carbons (Fsp3) is 0.167. The molecule has 0 aromatic heterocycles. The van der Waals surface area contributed by atoms with E-state index in [0.29, 0.717) is 6.54 Å². The zero-order valence-corrected chi connectivity index (χ0v) is 12.2. The van der Waals surface area contributed by atoms with Crippen molar-refractivity contribution in [3.05, 3.63) is 77.6 Å². The first kappa shape index (κ1) is 15.9. The van der Waals surface area contributed by atoms with Crippen molar-refractivity contribution in [2.75, 3.05) is 13.2 Å². The lowest BCUT2D eigenvalue weighted by Gasteiger charge is -2.20. The third-order valence-corrected chi connectivity index (χ3v) is 3.19. The highest BCUT2D eigenvalue weighted by atomic mass is 19.1. The third kappa shape index (κ3) is 4.82. The SMILES string of the molecule is O=C(/C=C/c1ccc(F)cc1)N(CCO)Cc1ccccc1. The van der Waals surface area contributed by atoms with Gasteiger partial charge in [-0.05, 0) is 29.3 Å². The van der Waals surface area contributed by atoms with Crippen molar-refractivity contribution in [1.82, 2.24) is 4.90 Å². The van der Waals surface area contributed by atoms with Crippen molar-refractivity contribution in [2.24, 2.45) is 0 Å². The van der Waals surface area contributed by atoms with Gasteiger partial charge in [-0.25, -0.2) is 4.39 Å². The summed E-state index contributed by atoms with van der Waals surface area (Å²) in [7, 11) is 0. The van der Waals surface area contributed by atoms with Crippen LogP contribution >= 0.6 is 0 Å². The Morgan fingerprint density at radius 3 is 2.41 bits per heavy atom. The van der Waals surface area contributed by atoms with Gasteiger partial charge in [-0.15, -0.1) is 0 Å². The maximum absolute atomic E-state index is 12.8. The number of halogens is 1. The number of carbonyl (C=O) groups excluding carboxylic acids is 1. The fourth-order valence-electron chi connectivity index (χ4n) is 2.04. The molecule has 1 amide bonds. The molecular formula is C18H18FNO2. The van der Waals surface area contributed by atoms with Gasteiger partial charge < -0.3 is 10.0 Å². The van der Waals surface area contributed by atoms with E-state index in [4.69, 9.17) is 5.11 Å². The molecule has 0 aliphatic carbocycles. The first-order valence-electron chi connectivity index (χ1n) is 7.06. The van der Waals surface area contributed by atoms with E-state index >= 15 is 0 Å². The van der Waals surface area contributed by atoms with E-state index in [0.717, 1.165) is 11.1 Å². The highest BCUT2D eigenvalue weighted by Gasteiger charge is 2.10. The van der Waals surface area contributed by atoms with Crippen LogP contribution in [0.5, 0.6) is 0 Å². The number of amides is 1. The summed E-state index contributed by atoms with van der Waals surface area (Å²) < 4.78 is 12.8. The first-order chi connectivity index (χ1) is 10.7. The van der Waals surface area contributed by atoms with Crippen LogP contribution in [0.1, 0.15) is 11.1 Å². The molecule has 114 valence electrons. The number of rotatable bonds is 6. The summed E-state index contributed by atoms with van der Waals surface area (Å²) >= 11 is 0. The molecule has 0 saturated heterocycles. The largest absolute Gasteiger partial charge is 0.395 e. The lowest BCUT2D eigenvalue weighted by Crippen LogP contribution is -2.31. The molecule has 0 aliphatic rings. The molecule has 2 rings (SSSR count). The molecule has 0 atom stereocenters. The molecule has 2 aromatic carbocycles. The van der Waals surface area contributed by atoms with E-state index in [1.54, 1.807) is 23.1 Å². The molecule has 0 unspecified atom stereocenters. The summed E-state index contributed by atoms with van der Waals surface area (Å²) in [6.45, 7) is 0.610. The Hall–Kier alpha value is -2.46. The summed E-state index contributed by atoms with van der Waals surface area (Å²) in [5, 5.41) is 9.12. The number of benzene rings is 2. The molecular weight excluding hydrogens is 281 g/mol. The van der Waals surface area contributed by atoms with Crippen molar-refractivity contribution in [1.29, 1.82) is 0 Å². The number of aliphatic hydroxyl groups excluding tert-OH is 1. The summed E-state index contributed by atoms with van der Waals surface area (Å²) in [6, 6.07) is 15.5. The van der Waals surface area contributed by atoms with Crippen LogP contribution in [0.25, 0.3) is 6.08 Å². The van der Waals surface area contributed by atoms with Crippen molar-refractivity contribution >= 4 is 12.0 Å². The van der Waals surface area contributed by atoms with Crippen LogP contribution in [0.2, 0.25) is 0 Å². The Labute approximate surface area is 129 Å². The first-order valence-corrected chi connectivity index (χ1v) is 7.06. The Balaban J connectivity index is 2.04. The molecule has 2 aromatic rings. The molecule has 0 spiro atoms. The average Bonchev–Trinajstić information content (AvgIpc) is 2.54. The highest BCUT2D eigenvalue weighted by Crippen LogP contribution is 2.08. The van der Waals surface area contributed by atoms with Gasteiger partial charge in [-0.3, -0.25) is 4.79 Å². The van der Waals surface area contributed by atoms with Crippen LogP contribution in [-0.2, 0) is 11.3 Å². The van der Waals surface area contributed by atoms with Gasteiger partial charge in [-0.1, -0.05) is 42.5 Å². The lowest BCUT2D eigenvalue weighted by molar-refractivity contribution is -0.127. The van der Waals surface area contributed by atoms with E-state index in [1.165, 1.54) is 18.2 Å². The summed E-state index contributed by atoms with van der Waals surface area (Å²) in [5.41, 5.74) is 1.75. The molecule has 3 nitrogen and oxygen atoms in total. The Kier molecular flexibility index (Phi) is 5.86. The Bertz CT molecular complexity index is 623. The molecule has 0 aliphatic heterocycles. The van der Waals surface area contributed by atoms with Crippen LogP contribution in [0.4, 0.5) is 4.39 Å². The van der Waals surface area contributed by atoms with Gasteiger partial charge in [-0.2, -0.15) is 0 Å². The second-order valence-corrected chi connectivity index (χ2v) is 4.85. The van der Waals surface area contributed by atoms with Crippen molar-refractivity contribution in [3.63, 3.8) is 0 Å². The molecule has 22 heavy (non-hydrogen) atoms. The maximum Gasteiger partial charge on any atom is 0.246 e. The van der Waals surface area contributed by atoms with E-state index in [1.807, 2.05) is 30.3 Å². The van der Waals surface area contributed by atoms with E-state index < -0.39 is 0 Å². The zero-order valence-electron chi connectivity index (χ0n) is 12.2. The Morgan fingerprint density at radius 1 is 1.09 bits per heavy atom. The van der Waals surface area contributed by atoms with Crippen LogP contribution in [-0.4, -0.2) is 29.1 Å². The summed E-state index contributed by atoms with van der Waals surface area (Å²) in [4.78, 5) is 13.8. The zero-order chi connectivity index (χ0) is 15.8. The minimum absolute atomic E-state index is 0.0943. The number of hydrogen-bond acceptors (Lipinski definition) is 2. The molecule has 0 radical (unpaired) electrons. The minimum atomic E-state index is -0.311. The second-order valence-electron chi connectivity index (χ2n) is 4.85. The van der Waals surface area contributed by atoms with Gasteiger partial charge in [0.05, 0.1) is 6.61 Å². The van der Waals surface area contributed by atoms with Crippen molar-refractivity contribution in [2.45, 2.75) is 6.54 Å². The van der Waals surface area contributed by atoms with Crippen molar-refractivity contribution in [3.8, 4) is 0 Å². The number of aliphatic hydroxyl groups is 1. The van der Waals surface area contributed by atoms with Gasteiger partial charge in [0.25, 0.3) is 0 Å². The topological polar surface area (TPSA) is 40.5 Å². The third-order valence-electron chi connectivity index (χ3n) is 3.19. The summed E-state index contributed by atoms with van der Waals surface area (Å²) in [5.74, 6) is -0.503. The van der Waals surface area contributed by atoms with Crippen LogP contribution < -0.4 is 0 Å². The molecule has 0 fully saturated rings. The van der Waals surface area contributed by atoms with Gasteiger partial charge in [0.15, 0.2) is 0 Å². The predicted molar refractivity (Wildman–Crippen MR) is 84.4 cm³/mol. The lowest BCUT2D eigenvalue weighted by atomic mass is 10.2. The number of nitrogens with zero attached hydrogens (tertiary/aromatic N) is 1. The molecule has 1 N–H and O–H groups in total. The normalized spacial score (nSPS) is 10.8. The van der Waals surface area contributed by atoms with Crippen LogP contribution in [0, 0.1) is 5.82 Å². The average molecular weight is 299 g/mol. The molecule has 0 heterocycles. The quantitative estimate of drug-likeness (QED) is 0.833. The highest BCUT2D eigenvalue weighted by molar-refractivity contribution is 5.91.